The Morgan fingerprint density at radius 3 is 2.81 bits per heavy atom. The Morgan fingerprint density at radius 2 is 2.15 bits per heavy atom. The van der Waals surface area contributed by atoms with E-state index in [1.165, 1.54) is 35.9 Å². The fourth-order valence-corrected chi connectivity index (χ4v) is 4.27. The number of thioether (sulfide) groups is 1. The molecule has 6 nitrogen and oxygen atoms in total. The summed E-state index contributed by atoms with van der Waals surface area (Å²) in [5.74, 6) is -1.16. The molecule has 2 atom stereocenters. The summed E-state index contributed by atoms with van der Waals surface area (Å²) in [7, 11) is 1.51. The molecule has 0 N–H and O–H groups in total. The molecule has 0 aliphatic carbocycles. The molecule has 0 aromatic heterocycles. The Labute approximate surface area is 161 Å². The van der Waals surface area contributed by atoms with E-state index in [-0.39, 0.29) is 29.9 Å². The van der Waals surface area contributed by atoms with Gasteiger partial charge in [0, 0.05) is 7.11 Å². The van der Waals surface area contributed by atoms with Crippen molar-refractivity contribution >= 4 is 28.8 Å². The van der Waals surface area contributed by atoms with Gasteiger partial charge in [-0.1, -0.05) is 30.8 Å². The lowest BCUT2D eigenvalue weighted by atomic mass is 9.94. The number of allylic oxidation sites excluding steroid dienone is 1. The molecular formula is C19H21FN2O4S. The normalized spacial score (nSPS) is 22.0. The SMILES string of the molecule is CC[C@@H]1SC2=NC(C)=C(C(=O)OCCOC)[C@H](c3cccc(F)c3)N2C1=O. The second kappa shape index (κ2) is 8.22. The number of esters is 1. The van der Waals surface area contributed by atoms with Gasteiger partial charge in [0.2, 0.25) is 5.91 Å². The second-order valence-corrected chi connectivity index (χ2v) is 7.37. The van der Waals surface area contributed by atoms with Crippen LogP contribution in [0.1, 0.15) is 31.9 Å². The van der Waals surface area contributed by atoms with Gasteiger partial charge in [-0.05, 0) is 31.0 Å². The minimum Gasteiger partial charge on any atom is -0.460 e. The van der Waals surface area contributed by atoms with E-state index in [4.69, 9.17) is 9.47 Å². The third kappa shape index (κ3) is 3.77. The second-order valence-electron chi connectivity index (χ2n) is 6.20. The minimum atomic E-state index is -0.764. The molecule has 1 aromatic carbocycles. The molecule has 1 saturated heterocycles. The standard InChI is InChI=1S/C19H21FN2O4S/c1-4-14-17(23)22-16(12-6-5-7-13(20)10-12)15(11(2)21-19(22)27-14)18(24)26-9-8-25-3/h5-7,10,14,16H,4,8-9H2,1-3H3/t14-,16-/m0/s1. The number of hydrogen-bond donors (Lipinski definition) is 0. The van der Waals surface area contributed by atoms with Crippen molar-refractivity contribution in [2.24, 2.45) is 4.99 Å². The van der Waals surface area contributed by atoms with Crippen molar-refractivity contribution in [3.8, 4) is 0 Å². The number of benzene rings is 1. The molecule has 0 bridgehead atoms. The Hall–Kier alpha value is -2.19. The zero-order valence-corrected chi connectivity index (χ0v) is 16.2. The van der Waals surface area contributed by atoms with E-state index in [9.17, 15) is 14.0 Å². The van der Waals surface area contributed by atoms with Crippen molar-refractivity contribution in [2.45, 2.75) is 31.6 Å². The van der Waals surface area contributed by atoms with Crippen LogP contribution in [0.5, 0.6) is 0 Å². The quantitative estimate of drug-likeness (QED) is 0.550. The number of amides is 1. The Morgan fingerprint density at radius 1 is 1.37 bits per heavy atom. The fraction of sp³-hybridized carbons (Fsp3) is 0.421. The van der Waals surface area contributed by atoms with Gasteiger partial charge in [-0.2, -0.15) is 0 Å². The summed E-state index contributed by atoms with van der Waals surface area (Å²) < 4.78 is 24.1. The Bertz CT molecular complexity index is 824. The number of amidine groups is 1. The van der Waals surface area contributed by atoms with Crippen LogP contribution in [0.2, 0.25) is 0 Å². The summed E-state index contributed by atoms with van der Waals surface area (Å²) in [4.78, 5) is 31.6. The van der Waals surface area contributed by atoms with Crippen LogP contribution in [0.15, 0.2) is 40.5 Å². The van der Waals surface area contributed by atoms with E-state index in [1.807, 2.05) is 6.92 Å². The van der Waals surface area contributed by atoms with E-state index in [0.717, 1.165) is 0 Å². The average molecular weight is 392 g/mol. The van der Waals surface area contributed by atoms with Crippen molar-refractivity contribution in [3.63, 3.8) is 0 Å². The van der Waals surface area contributed by atoms with Gasteiger partial charge >= 0.3 is 5.97 Å². The maximum absolute atomic E-state index is 13.9. The molecule has 1 fully saturated rings. The van der Waals surface area contributed by atoms with E-state index < -0.39 is 17.8 Å². The maximum atomic E-state index is 13.9. The number of nitrogens with zero attached hydrogens (tertiary/aromatic N) is 2. The number of fused-ring (bicyclic) bond motifs is 1. The van der Waals surface area contributed by atoms with Gasteiger partial charge in [-0.25, -0.2) is 14.2 Å². The number of rotatable bonds is 6. The average Bonchev–Trinajstić information content (AvgIpc) is 2.96. The van der Waals surface area contributed by atoms with E-state index in [0.29, 0.717) is 22.8 Å². The molecule has 2 aliphatic rings. The maximum Gasteiger partial charge on any atom is 0.338 e. The highest BCUT2D eigenvalue weighted by Crippen LogP contribution is 2.44. The molecule has 0 saturated carbocycles. The van der Waals surface area contributed by atoms with Gasteiger partial charge in [0.15, 0.2) is 5.17 Å². The number of methoxy groups -OCH3 is 1. The highest BCUT2D eigenvalue weighted by molar-refractivity contribution is 8.15. The summed E-state index contributed by atoms with van der Waals surface area (Å²) >= 11 is 1.37. The molecule has 1 amide bonds. The van der Waals surface area contributed by atoms with Crippen LogP contribution in [-0.2, 0) is 19.1 Å². The van der Waals surface area contributed by atoms with E-state index >= 15 is 0 Å². The molecule has 144 valence electrons. The van der Waals surface area contributed by atoms with Crippen LogP contribution in [-0.4, -0.2) is 47.5 Å². The third-order valence-electron chi connectivity index (χ3n) is 4.43. The first-order valence-electron chi connectivity index (χ1n) is 8.68. The summed E-state index contributed by atoms with van der Waals surface area (Å²) in [5, 5.41) is 0.267. The smallest absolute Gasteiger partial charge is 0.338 e. The van der Waals surface area contributed by atoms with Crippen LogP contribution in [0.25, 0.3) is 0 Å². The monoisotopic (exact) mass is 392 g/mol. The van der Waals surface area contributed by atoms with Crippen molar-refractivity contribution in [1.29, 1.82) is 0 Å². The first-order valence-corrected chi connectivity index (χ1v) is 9.56. The number of aliphatic imine (C=N–C) groups is 1. The first kappa shape index (κ1) is 19.6. The highest BCUT2D eigenvalue weighted by atomic mass is 32.2. The van der Waals surface area contributed by atoms with Gasteiger partial charge < -0.3 is 9.47 Å². The van der Waals surface area contributed by atoms with Crippen LogP contribution < -0.4 is 0 Å². The Balaban J connectivity index is 2.05. The van der Waals surface area contributed by atoms with Crippen LogP contribution >= 0.6 is 11.8 Å². The number of hydrogen-bond acceptors (Lipinski definition) is 6. The van der Waals surface area contributed by atoms with Gasteiger partial charge in [-0.15, -0.1) is 0 Å². The van der Waals surface area contributed by atoms with Crippen LogP contribution in [0.3, 0.4) is 0 Å². The number of carbonyl (C=O) groups is 2. The molecule has 0 unspecified atom stereocenters. The first-order chi connectivity index (χ1) is 13.0. The Kier molecular flexibility index (Phi) is 5.96. The summed E-state index contributed by atoms with van der Waals surface area (Å²) in [5.41, 5.74) is 1.22. The van der Waals surface area contributed by atoms with Crippen molar-refractivity contribution in [2.75, 3.05) is 20.3 Å². The molecule has 2 heterocycles. The molecule has 0 spiro atoms. The third-order valence-corrected chi connectivity index (χ3v) is 5.75. The zero-order valence-electron chi connectivity index (χ0n) is 15.4. The lowest BCUT2D eigenvalue weighted by Gasteiger charge is -2.33. The largest absolute Gasteiger partial charge is 0.460 e. The van der Waals surface area contributed by atoms with Gasteiger partial charge in [-0.3, -0.25) is 9.69 Å². The van der Waals surface area contributed by atoms with E-state index in [2.05, 4.69) is 4.99 Å². The van der Waals surface area contributed by atoms with Gasteiger partial charge in [0.25, 0.3) is 0 Å². The predicted molar refractivity (Wildman–Crippen MR) is 101 cm³/mol. The van der Waals surface area contributed by atoms with Crippen LogP contribution in [0.4, 0.5) is 4.39 Å². The number of carbonyl (C=O) groups excluding carboxylic acids is 2. The topological polar surface area (TPSA) is 68.2 Å². The summed E-state index contributed by atoms with van der Waals surface area (Å²) in [6.07, 6.45) is 0.640. The molecule has 27 heavy (non-hydrogen) atoms. The molecule has 0 radical (unpaired) electrons. The molecule has 2 aliphatic heterocycles. The zero-order chi connectivity index (χ0) is 19.6. The van der Waals surface area contributed by atoms with Gasteiger partial charge in [0.05, 0.1) is 29.2 Å². The molecular weight excluding hydrogens is 371 g/mol. The summed E-state index contributed by atoms with van der Waals surface area (Å²) in [6, 6.07) is 5.15. The lowest BCUT2D eigenvalue weighted by molar-refractivity contribution is -0.141. The minimum absolute atomic E-state index is 0.0822. The lowest BCUT2D eigenvalue weighted by Crippen LogP contribution is -2.41. The molecule has 1 aromatic rings. The highest BCUT2D eigenvalue weighted by Gasteiger charge is 2.47. The van der Waals surface area contributed by atoms with Crippen molar-refractivity contribution in [1.82, 2.24) is 4.90 Å². The number of ether oxygens (including phenoxy) is 2. The molecule has 3 rings (SSSR count). The summed E-state index contributed by atoms with van der Waals surface area (Å²) in [6.45, 7) is 3.96. The predicted octanol–water partition coefficient (Wildman–Crippen LogP) is 3.05. The van der Waals surface area contributed by atoms with Crippen molar-refractivity contribution in [3.05, 3.63) is 46.9 Å². The number of halogens is 1. The van der Waals surface area contributed by atoms with Crippen molar-refractivity contribution < 1.29 is 23.5 Å². The molecule has 8 heteroatoms. The van der Waals surface area contributed by atoms with Crippen LogP contribution in [0, 0.1) is 5.82 Å². The fourth-order valence-electron chi connectivity index (χ4n) is 3.14. The van der Waals surface area contributed by atoms with E-state index in [1.54, 1.807) is 19.1 Å². The van der Waals surface area contributed by atoms with Gasteiger partial charge in [0.1, 0.15) is 12.4 Å².